The summed E-state index contributed by atoms with van der Waals surface area (Å²) in [5.74, 6) is -22.4. The van der Waals surface area contributed by atoms with Crippen molar-refractivity contribution in [2.75, 3.05) is 57.4 Å². The standard InChI is InChI=1S/C71H112N24O20S2/c1-6-36(3)54-66(112)90-47(29-53(100)101)62(108)86-43(22-15-25-80-70(75)76)60(106)95-55(37(4)7-2)67(113)93-50(65(111)89-46(28-40-19-12-9-13-20-40)61(107)87-44(68(114)115)23-16-26-81-71(77)78)35-117-116-34-49(92-63(109)48(33-97)91-57(103)41(72)32-96)64(110)84-38(5)56(102)88-45(27-39-17-10-8-11-18-39)58(104)83-30-51(98)82-31-52(99)85-42(59(105)94-54)21-14-24-79-69(73)74/h8-13,17-20,36-38,41-50,54-55,96-97H,6-7,14-16,21-35,72H2,1-5H3,(H,82,98)(H,83,104)(H,84,110)(H,85,99)(H,86,108)(H,87,107)(H,88,102)(H,89,111)(H,90,112)(H,91,103)(H,92,109)(H,93,113)(H,94,105)(H,95,106)(H,100,101)(H,114,115)(H4,73,74,79)(H4,75,76,80)(H4,77,78,81)/t36-,37-,38+,41-,42-,43?,44-,45-,46-,47-,48-,49-,50?,54?,55-/m0/s1. The van der Waals surface area contributed by atoms with E-state index in [4.69, 9.17) is 39.2 Å². The van der Waals surface area contributed by atoms with E-state index in [1.807, 2.05) is 0 Å². The van der Waals surface area contributed by atoms with E-state index >= 15 is 9.59 Å². The molecule has 0 radical (unpaired) electrons. The highest BCUT2D eigenvalue weighted by Crippen LogP contribution is 2.24. The summed E-state index contributed by atoms with van der Waals surface area (Å²) < 4.78 is 0. The smallest absolute Gasteiger partial charge is 0.326 e. The summed E-state index contributed by atoms with van der Waals surface area (Å²) >= 11 is 0. The predicted octanol–water partition coefficient (Wildman–Crippen LogP) is -8.31. The van der Waals surface area contributed by atoms with Crippen LogP contribution < -0.4 is 113 Å². The molecule has 2 aromatic carbocycles. The third kappa shape index (κ3) is 37.7. The number of carboxylic acid groups (broad SMARTS) is 2. The van der Waals surface area contributed by atoms with Crippen LogP contribution in [0.3, 0.4) is 0 Å². The van der Waals surface area contributed by atoms with Crippen molar-refractivity contribution in [1.29, 1.82) is 16.2 Å². The molecule has 0 aliphatic carbocycles. The van der Waals surface area contributed by atoms with E-state index in [-0.39, 0.29) is 83.8 Å². The minimum atomic E-state index is -2.03. The molecule has 0 aromatic heterocycles. The van der Waals surface area contributed by atoms with Crippen molar-refractivity contribution in [3.63, 3.8) is 0 Å². The molecule has 0 bridgehead atoms. The SMILES string of the molecule is CC[C@H](C)C1NC(=O)[C@H](CCCNC(=N)N)NC(=O)CNC(=O)CNC(=O)[C@H](Cc2ccccc2)NC(=O)[C@@H](C)NC(=O)[C@@H](NC(=O)[C@H](CO)NC(=O)[C@@H](N)CO)CSSCC(C(=O)N[C@@H](Cc2ccccc2)C(=O)N[C@@H](CCCNC(=N)N)C(=O)O)NC(=O)[C@H]([C@@H](C)CC)NC(=O)C(CCCNC(=N)N)NC(=O)[C@H](CC(=O)O)NC1=O. The normalized spacial score (nSPS) is 21.9. The lowest BCUT2D eigenvalue weighted by atomic mass is 9.96. The Labute approximate surface area is 682 Å². The van der Waals surface area contributed by atoms with Crippen molar-refractivity contribution in [3.05, 3.63) is 71.8 Å². The summed E-state index contributed by atoms with van der Waals surface area (Å²) in [6, 6.07) is -5.64. The van der Waals surface area contributed by atoms with Gasteiger partial charge in [-0.05, 0) is 68.4 Å². The Morgan fingerprint density at radius 2 is 1.00 bits per heavy atom. The second-order valence-electron chi connectivity index (χ2n) is 27.4. The van der Waals surface area contributed by atoms with Crippen LogP contribution in [0.2, 0.25) is 0 Å². The molecular formula is C71H112N24O20S2. The highest BCUT2D eigenvalue weighted by Gasteiger charge is 2.39. The Morgan fingerprint density at radius 1 is 0.513 bits per heavy atom. The molecule has 15 atom stereocenters. The van der Waals surface area contributed by atoms with Gasteiger partial charge in [0.1, 0.15) is 78.5 Å². The molecule has 3 rings (SSSR count). The van der Waals surface area contributed by atoms with E-state index in [9.17, 15) is 87.5 Å². The molecule has 648 valence electrons. The molecule has 117 heavy (non-hydrogen) atoms. The lowest BCUT2D eigenvalue weighted by Crippen LogP contribution is -2.62. The van der Waals surface area contributed by atoms with Gasteiger partial charge < -0.3 is 134 Å². The van der Waals surface area contributed by atoms with Crippen molar-refractivity contribution in [3.8, 4) is 0 Å². The maximum absolute atomic E-state index is 15.2. The number of carbonyl (C=O) groups excluding carboxylic acids is 14. The zero-order chi connectivity index (χ0) is 87.4. The van der Waals surface area contributed by atoms with Crippen molar-refractivity contribution in [2.45, 2.75) is 184 Å². The fourth-order valence-electron chi connectivity index (χ4n) is 11.0. The first-order valence-corrected chi connectivity index (χ1v) is 40.1. The summed E-state index contributed by atoms with van der Waals surface area (Å²) in [4.78, 5) is 225. The molecule has 2 aromatic rings. The number of aliphatic hydroxyl groups excluding tert-OH is 2. The first-order chi connectivity index (χ1) is 55.4. The summed E-state index contributed by atoms with van der Waals surface area (Å²) in [6.07, 6.45) is -2.12. The molecule has 44 nitrogen and oxygen atoms in total. The minimum absolute atomic E-state index is 0.00768. The molecular weight excluding hydrogens is 1570 g/mol. The van der Waals surface area contributed by atoms with E-state index in [0.29, 0.717) is 11.1 Å². The first kappa shape index (κ1) is 99.5. The third-order valence-electron chi connectivity index (χ3n) is 18.1. The number of carboxylic acids is 2. The quantitative estimate of drug-likeness (QED) is 0.0137. The van der Waals surface area contributed by atoms with E-state index < -0.39 is 247 Å². The van der Waals surface area contributed by atoms with Crippen LogP contribution in [0, 0.1) is 28.1 Å². The minimum Gasteiger partial charge on any atom is -0.481 e. The highest BCUT2D eigenvalue weighted by atomic mass is 33.1. The van der Waals surface area contributed by atoms with Gasteiger partial charge in [0.2, 0.25) is 82.7 Å². The molecule has 14 amide bonds. The van der Waals surface area contributed by atoms with Gasteiger partial charge in [-0.25, -0.2) is 4.79 Å². The van der Waals surface area contributed by atoms with Crippen LogP contribution in [0.4, 0.5) is 0 Å². The molecule has 0 spiro atoms. The number of benzene rings is 2. The van der Waals surface area contributed by atoms with Gasteiger partial charge in [0.05, 0.1) is 32.7 Å². The number of nitrogens with two attached hydrogens (primary N) is 4. The Bertz CT molecular complexity index is 3750. The zero-order valence-corrected chi connectivity index (χ0v) is 67.2. The molecule has 0 saturated carbocycles. The topological polar surface area (TPSA) is 734 Å². The summed E-state index contributed by atoms with van der Waals surface area (Å²) in [5, 5.41) is 105. The van der Waals surface area contributed by atoms with Crippen LogP contribution in [0.15, 0.2) is 60.7 Å². The Kier molecular flexibility index (Phi) is 44.9. The molecule has 32 N–H and O–H groups in total. The van der Waals surface area contributed by atoms with Crippen molar-refractivity contribution in [2.24, 2.45) is 34.8 Å². The van der Waals surface area contributed by atoms with Crippen LogP contribution in [-0.2, 0) is 89.6 Å². The van der Waals surface area contributed by atoms with Gasteiger partial charge >= 0.3 is 11.9 Å². The average Bonchev–Trinajstić information content (AvgIpc) is 0.848. The number of guanidine groups is 3. The fourth-order valence-corrected chi connectivity index (χ4v) is 13.3. The Balaban J connectivity index is 2.38. The van der Waals surface area contributed by atoms with E-state index in [1.54, 1.807) is 74.5 Å². The molecule has 1 saturated heterocycles. The van der Waals surface area contributed by atoms with Gasteiger partial charge in [-0.1, -0.05) is 123 Å². The third-order valence-corrected chi connectivity index (χ3v) is 20.5. The van der Waals surface area contributed by atoms with Gasteiger partial charge in [0, 0.05) is 44.0 Å². The van der Waals surface area contributed by atoms with Gasteiger partial charge in [-0.2, -0.15) is 0 Å². The number of hydrogen-bond acceptors (Lipinski definition) is 24. The fraction of sp³-hybridized carbons (Fsp3) is 0.563. The summed E-state index contributed by atoms with van der Waals surface area (Å²) in [6.45, 7) is 3.77. The van der Waals surface area contributed by atoms with Gasteiger partial charge in [0.25, 0.3) is 0 Å². The Hall–Kier alpha value is -11.6. The second-order valence-corrected chi connectivity index (χ2v) is 29.9. The van der Waals surface area contributed by atoms with Crippen LogP contribution in [0.5, 0.6) is 0 Å². The highest BCUT2D eigenvalue weighted by molar-refractivity contribution is 8.76. The van der Waals surface area contributed by atoms with Crippen molar-refractivity contribution in [1.82, 2.24) is 90.4 Å². The van der Waals surface area contributed by atoms with E-state index in [1.165, 1.54) is 20.8 Å². The van der Waals surface area contributed by atoms with Crippen molar-refractivity contribution < 1.29 is 97.1 Å². The van der Waals surface area contributed by atoms with Crippen LogP contribution >= 0.6 is 21.6 Å². The number of rotatable bonds is 33. The molecule has 1 heterocycles. The molecule has 1 fully saturated rings. The van der Waals surface area contributed by atoms with Gasteiger partial charge in [-0.3, -0.25) is 88.1 Å². The van der Waals surface area contributed by atoms with E-state index in [0.717, 1.165) is 21.6 Å². The lowest BCUT2D eigenvalue weighted by Gasteiger charge is -2.30. The summed E-state index contributed by atoms with van der Waals surface area (Å²) in [5.41, 5.74) is 23.0. The first-order valence-electron chi connectivity index (χ1n) is 37.6. The number of aliphatic hydroxyl groups is 2. The maximum atomic E-state index is 15.2. The number of carbonyl (C=O) groups is 16. The number of hydrogen-bond donors (Lipinski definition) is 28. The largest absolute Gasteiger partial charge is 0.481 e. The number of aliphatic carboxylic acids is 2. The second kappa shape index (κ2) is 52.8. The van der Waals surface area contributed by atoms with Crippen molar-refractivity contribution >= 4 is 134 Å². The van der Waals surface area contributed by atoms with Gasteiger partial charge in [-0.15, -0.1) is 0 Å². The monoisotopic (exact) mass is 1680 g/mol. The van der Waals surface area contributed by atoms with Crippen LogP contribution in [0.1, 0.15) is 104 Å². The average molecular weight is 1690 g/mol. The van der Waals surface area contributed by atoms with Crippen LogP contribution in [0.25, 0.3) is 0 Å². The maximum Gasteiger partial charge on any atom is 0.326 e. The molecule has 1 aliphatic rings. The van der Waals surface area contributed by atoms with Gasteiger partial charge in [0.15, 0.2) is 17.9 Å². The Morgan fingerprint density at radius 3 is 1.52 bits per heavy atom. The molecule has 46 heteroatoms. The summed E-state index contributed by atoms with van der Waals surface area (Å²) in [7, 11) is 1.47. The lowest BCUT2D eigenvalue weighted by molar-refractivity contribution is -0.142. The number of amides is 14. The zero-order valence-electron chi connectivity index (χ0n) is 65.5. The number of nitrogens with one attached hydrogen (secondary N) is 20. The molecule has 1 aliphatic heterocycles. The predicted molar refractivity (Wildman–Crippen MR) is 428 cm³/mol. The molecule has 3 unspecified atom stereocenters. The van der Waals surface area contributed by atoms with Crippen LogP contribution in [-0.4, -0.2) is 269 Å². The van der Waals surface area contributed by atoms with E-state index in [2.05, 4.69) is 90.4 Å².